The third-order valence-corrected chi connectivity index (χ3v) is 4.27. The Labute approximate surface area is 118 Å². The van der Waals surface area contributed by atoms with E-state index in [-0.39, 0.29) is 5.54 Å². The van der Waals surface area contributed by atoms with Crippen molar-refractivity contribution in [1.82, 2.24) is 10.6 Å². The molecule has 1 aromatic carbocycles. The molecule has 2 nitrogen and oxygen atoms in total. The predicted octanol–water partition coefficient (Wildman–Crippen LogP) is 2.97. The number of aryl methyl sites for hydroxylation is 2. The number of benzene rings is 1. The SMILES string of the molecule is Cc1ccc(CCNC2CCNC(C)(C)C2)cc1C. The molecular formula is C17H28N2. The minimum atomic E-state index is 0.288. The Bertz CT molecular complexity index is 423. The molecule has 0 saturated carbocycles. The minimum absolute atomic E-state index is 0.288. The van der Waals surface area contributed by atoms with Gasteiger partial charge in [-0.25, -0.2) is 0 Å². The molecule has 19 heavy (non-hydrogen) atoms. The standard InChI is InChI=1S/C17H28N2/c1-13-5-6-15(11-14(13)2)7-9-18-16-8-10-19-17(3,4)12-16/h5-6,11,16,18-19H,7-10,12H2,1-4H3. The Kier molecular flexibility index (Phi) is 4.64. The summed E-state index contributed by atoms with van der Waals surface area (Å²) in [5.74, 6) is 0. The van der Waals surface area contributed by atoms with Gasteiger partial charge in [0.1, 0.15) is 0 Å². The zero-order valence-electron chi connectivity index (χ0n) is 12.8. The van der Waals surface area contributed by atoms with Crippen molar-refractivity contribution in [3.05, 3.63) is 34.9 Å². The molecule has 2 rings (SSSR count). The van der Waals surface area contributed by atoms with E-state index in [1.54, 1.807) is 0 Å². The molecule has 0 aliphatic carbocycles. The van der Waals surface area contributed by atoms with Gasteiger partial charge in [-0.15, -0.1) is 0 Å². The van der Waals surface area contributed by atoms with Crippen molar-refractivity contribution >= 4 is 0 Å². The van der Waals surface area contributed by atoms with E-state index in [2.05, 4.69) is 56.5 Å². The summed E-state index contributed by atoms with van der Waals surface area (Å²) in [4.78, 5) is 0. The van der Waals surface area contributed by atoms with E-state index in [0.29, 0.717) is 6.04 Å². The van der Waals surface area contributed by atoms with Crippen LogP contribution in [0, 0.1) is 13.8 Å². The molecule has 0 bridgehead atoms. The molecule has 1 unspecified atom stereocenters. The smallest absolute Gasteiger partial charge is 0.0139 e. The van der Waals surface area contributed by atoms with Crippen LogP contribution in [0.25, 0.3) is 0 Å². The minimum Gasteiger partial charge on any atom is -0.314 e. The van der Waals surface area contributed by atoms with Gasteiger partial charge in [0.2, 0.25) is 0 Å². The third-order valence-electron chi connectivity index (χ3n) is 4.27. The zero-order chi connectivity index (χ0) is 13.9. The highest BCUT2D eigenvalue weighted by atomic mass is 15.0. The van der Waals surface area contributed by atoms with Crippen molar-refractivity contribution in [2.45, 2.75) is 58.5 Å². The van der Waals surface area contributed by atoms with Crippen molar-refractivity contribution in [1.29, 1.82) is 0 Å². The molecule has 2 N–H and O–H groups in total. The van der Waals surface area contributed by atoms with E-state index in [0.717, 1.165) is 19.5 Å². The number of rotatable bonds is 4. The lowest BCUT2D eigenvalue weighted by atomic mass is 9.89. The summed E-state index contributed by atoms with van der Waals surface area (Å²) in [6, 6.07) is 7.49. The lowest BCUT2D eigenvalue weighted by molar-refractivity contribution is 0.249. The first-order chi connectivity index (χ1) is 8.96. The van der Waals surface area contributed by atoms with Crippen LogP contribution >= 0.6 is 0 Å². The number of piperidine rings is 1. The fraction of sp³-hybridized carbons (Fsp3) is 0.647. The fourth-order valence-corrected chi connectivity index (χ4v) is 2.93. The molecule has 1 saturated heterocycles. The molecule has 1 aliphatic rings. The summed E-state index contributed by atoms with van der Waals surface area (Å²) < 4.78 is 0. The quantitative estimate of drug-likeness (QED) is 0.870. The number of hydrogen-bond acceptors (Lipinski definition) is 2. The van der Waals surface area contributed by atoms with Crippen LogP contribution < -0.4 is 10.6 Å². The van der Waals surface area contributed by atoms with E-state index in [9.17, 15) is 0 Å². The third kappa shape index (κ3) is 4.32. The Balaban J connectivity index is 1.78. The molecule has 1 fully saturated rings. The van der Waals surface area contributed by atoms with E-state index in [4.69, 9.17) is 0 Å². The van der Waals surface area contributed by atoms with Crippen molar-refractivity contribution in [2.24, 2.45) is 0 Å². The summed E-state index contributed by atoms with van der Waals surface area (Å²) in [5.41, 5.74) is 4.53. The molecule has 1 aromatic rings. The molecule has 0 aromatic heterocycles. The van der Waals surface area contributed by atoms with Gasteiger partial charge in [-0.05, 0) is 76.7 Å². The van der Waals surface area contributed by atoms with Gasteiger partial charge >= 0.3 is 0 Å². The summed E-state index contributed by atoms with van der Waals surface area (Å²) in [6.07, 6.45) is 3.60. The van der Waals surface area contributed by atoms with Crippen LogP contribution in [0.3, 0.4) is 0 Å². The second kappa shape index (κ2) is 6.06. The van der Waals surface area contributed by atoms with Crippen molar-refractivity contribution in [2.75, 3.05) is 13.1 Å². The lowest BCUT2D eigenvalue weighted by Crippen LogP contribution is -2.52. The van der Waals surface area contributed by atoms with Crippen LogP contribution in [0.4, 0.5) is 0 Å². The van der Waals surface area contributed by atoms with Gasteiger partial charge in [0.05, 0.1) is 0 Å². The summed E-state index contributed by atoms with van der Waals surface area (Å²) >= 11 is 0. The number of nitrogens with one attached hydrogen (secondary N) is 2. The maximum absolute atomic E-state index is 3.72. The maximum Gasteiger partial charge on any atom is 0.0139 e. The highest BCUT2D eigenvalue weighted by Crippen LogP contribution is 2.18. The Morgan fingerprint density at radius 3 is 2.74 bits per heavy atom. The number of hydrogen-bond donors (Lipinski definition) is 2. The van der Waals surface area contributed by atoms with Gasteiger partial charge in [-0.3, -0.25) is 0 Å². The highest BCUT2D eigenvalue weighted by molar-refractivity contribution is 5.30. The van der Waals surface area contributed by atoms with Crippen molar-refractivity contribution < 1.29 is 0 Å². The van der Waals surface area contributed by atoms with Gasteiger partial charge in [-0.2, -0.15) is 0 Å². The maximum atomic E-state index is 3.72. The van der Waals surface area contributed by atoms with Crippen LogP contribution in [0.5, 0.6) is 0 Å². The first kappa shape index (κ1) is 14.5. The molecular weight excluding hydrogens is 232 g/mol. The Morgan fingerprint density at radius 1 is 1.26 bits per heavy atom. The second-order valence-corrected chi connectivity index (χ2v) is 6.62. The Hall–Kier alpha value is -0.860. The molecule has 106 valence electrons. The molecule has 0 spiro atoms. The zero-order valence-corrected chi connectivity index (χ0v) is 12.8. The summed E-state index contributed by atoms with van der Waals surface area (Å²) in [7, 11) is 0. The monoisotopic (exact) mass is 260 g/mol. The van der Waals surface area contributed by atoms with Crippen LogP contribution in [0.15, 0.2) is 18.2 Å². The van der Waals surface area contributed by atoms with Gasteiger partial charge in [0.15, 0.2) is 0 Å². The first-order valence-corrected chi connectivity index (χ1v) is 7.51. The Morgan fingerprint density at radius 2 is 2.05 bits per heavy atom. The fourth-order valence-electron chi connectivity index (χ4n) is 2.93. The average Bonchev–Trinajstić information content (AvgIpc) is 2.32. The van der Waals surface area contributed by atoms with Crippen molar-refractivity contribution in [3.8, 4) is 0 Å². The van der Waals surface area contributed by atoms with Gasteiger partial charge in [0.25, 0.3) is 0 Å². The molecule has 2 heteroatoms. The van der Waals surface area contributed by atoms with Crippen molar-refractivity contribution in [3.63, 3.8) is 0 Å². The predicted molar refractivity (Wildman–Crippen MR) is 82.7 cm³/mol. The van der Waals surface area contributed by atoms with Gasteiger partial charge in [-0.1, -0.05) is 18.2 Å². The molecule has 0 radical (unpaired) electrons. The van der Waals surface area contributed by atoms with Gasteiger partial charge < -0.3 is 10.6 Å². The largest absolute Gasteiger partial charge is 0.314 e. The molecule has 0 amide bonds. The summed E-state index contributed by atoms with van der Waals surface area (Å²) in [6.45, 7) is 11.2. The normalized spacial score (nSPS) is 22.4. The second-order valence-electron chi connectivity index (χ2n) is 6.62. The average molecular weight is 260 g/mol. The van der Waals surface area contributed by atoms with E-state index in [1.165, 1.54) is 29.5 Å². The molecule has 1 aliphatic heterocycles. The van der Waals surface area contributed by atoms with Gasteiger partial charge in [0, 0.05) is 11.6 Å². The van der Waals surface area contributed by atoms with E-state index >= 15 is 0 Å². The van der Waals surface area contributed by atoms with Crippen LogP contribution in [0.2, 0.25) is 0 Å². The highest BCUT2D eigenvalue weighted by Gasteiger charge is 2.26. The van der Waals surface area contributed by atoms with E-state index in [1.807, 2.05) is 0 Å². The van der Waals surface area contributed by atoms with Crippen LogP contribution in [0.1, 0.15) is 43.4 Å². The molecule has 1 heterocycles. The summed E-state index contributed by atoms with van der Waals surface area (Å²) in [5, 5.41) is 7.29. The first-order valence-electron chi connectivity index (χ1n) is 7.51. The topological polar surface area (TPSA) is 24.1 Å². The van der Waals surface area contributed by atoms with Crippen LogP contribution in [-0.2, 0) is 6.42 Å². The molecule has 1 atom stereocenters. The van der Waals surface area contributed by atoms with E-state index < -0.39 is 0 Å². The van der Waals surface area contributed by atoms with Crippen LogP contribution in [-0.4, -0.2) is 24.7 Å². The lowest BCUT2D eigenvalue weighted by Gasteiger charge is -2.37.